The van der Waals surface area contributed by atoms with Crippen LogP contribution in [0.4, 0.5) is 0 Å². The van der Waals surface area contributed by atoms with Crippen molar-refractivity contribution in [2.45, 2.75) is 12.8 Å². The van der Waals surface area contributed by atoms with Crippen molar-refractivity contribution < 1.29 is 57.1 Å². The largest absolute Gasteiger partial charge is 0.382 e. The molecule has 0 radical (unpaired) electrons. The second-order valence-electron chi connectivity index (χ2n) is 9.80. The second-order valence-corrected chi connectivity index (χ2v) is 9.80. The first-order valence-electron chi connectivity index (χ1n) is 15.8. The highest BCUT2D eigenvalue weighted by atomic mass is 16.6. The van der Waals surface area contributed by atoms with Crippen molar-refractivity contribution in [1.29, 1.82) is 0 Å². The molecule has 274 valence electrons. The lowest BCUT2D eigenvalue weighted by Crippen LogP contribution is -2.43. The van der Waals surface area contributed by atoms with E-state index in [1.807, 2.05) is 0 Å². The Bertz CT molecular complexity index is 961. The van der Waals surface area contributed by atoms with Crippen LogP contribution in [-0.2, 0) is 47.5 Å². The number of hydrogen-bond acceptors (Lipinski definition) is 14. The Morgan fingerprint density at radius 1 is 0.583 bits per heavy atom. The molecular formula is C30H52N6O12. The van der Waals surface area contributed by atoms with Crippen LogP contribution in [0.15, 0.2) is 12.4 Å². The number of carbonyl (C=O) groups excluding carboxylic acids is 4. The number of hydrogen-bond donors (Lipinski definition) is 3. The van der Waals surface area contributed by atoms with Gasteiger partial charge in [-0.05, 0) is 0 Å². The highest BCUT2D eigenvalue weighted by molar-refractivity contribution is 5.94. The Morgan fingerprint density at radius 3 is 1.29 bits per heavy atom. The predicted octanol–water partition coefficient (Wildman–Crippen LogP) is -1.58. The molecule has 0 spiro atoms. The Labute approximate surface area is 281 Å². The van der Waals surface area contributed by atoms with Crippen molar-refractivity contribution in [1.82, 2.24) is 25.5 Å². The van der Waals surface area contributed by atoms with Crippen LogP contribution in [0, 0.1) is 0 Å². The Hall–Kier alpha value is -3.36. The third kappa shape index (κ3) is 23.0. The summed E-state index contributed by atoms with van der Waals surface area (Å²) in [5.41, 5.74) is 5.10. The molecule has 0 unspecified atom stereocenters. The zero-order valence-corrected chi connectivity index (χ0v) is 28.1. The number of amides is 4. The van der Waals surface area contributed by atoms with Crippen molar-refractivity contribution in [3.05, 3.63) is 23.8 Å². The van der Waals surface area contributed by atoms with E-state index in [0.717, 1.165) is 12.4 Å². The standard InChI is InChI=1S/C30H52N6O12/c1-41-11-13-45-19-21-47-17-15-43-9-3-27(37)32-5-7-36(30(40)26-24-34-25(23-35-26)29(31)39)8-6-33-28(38)4-10-44-16-18-48-22-20-46-14-12-42-2/h23-24H,3-22H2,1-2H3,(H2,31,39)(H,32,37)(H,33,38). The zero-order valence-electron chi connectivity index (χ0n) is 28.1. The SMILES string of the molecule is COCCOCCOCCOCCC(=O)NCCN(CCNC(=O)CCOCCOCCOCCOC)C(=O)c1cnc(C(N)=O)cn1. The molecule has 0 bridgehead atoms. The summed E-state index contributed by atoms with van der Waals surface area (Å²) in [6.07, 6.45) is 2.52. The molecule has 1 aromatic rings. The molecule has 0 aliphatic carbocycles. The minimum Gasteiger partial charge on any atom is -0.382 e. The Morgan fingerprint density at radius 2 is 0.938 bits per heavy atom. The number of rotatable bonds is 32. The van der Waals surface area contributed by atoms with E-state index in [9.17, 15) is 19.2 Å². The maximum absolute atomic E-state index is 13.1. The lowest BCUT2D eigenvalue weighted by atomic mass is 10.3. The maximum atomic E-state index is 13.1. The molecular weight excluding hydrogens is 636 g/mol. The second kappa shape index (κ2) is 29.8. The van der Waals surface area contributed by atoms with Gasteiger partial charge in [0.15, 0.2) is 0 Å². The fourth-order valence-corrected chi connectivity index (χ4v) is 3.58. The molecule has 18 nitrogen and oxygen atoms in total. The molecule has 1 rings (SSSR count). The third-order valence-electron chi connectivity index (χ3n) is 6.12. The predicted molar refractivity (Wildman–Crippen MR) is 170 cm³/mol. The molecule has 0 saturated heterocycles. The highest BCUT2D eigenvalue weighted by Crippen LogP contribution is 2.02. The average Bonchev–Trinajstić information content (AvgIpc) is 3.08. The number of ether oxygens (including phenoxy) is 8. The molecule has 0 aromatic carbocycles. The summed E-state index contributed by atoms with van der Waals surface area (Å²) in [6.45, 7) is 6.24. The van der Waals surface area contributed by atoms with E-state index in [4.69, 9.17) is 43.6 Å². The number of nitrogens with zero attached hydrogens (tertiary/aromatic N) is 3. The van der Waals surface area contributed by atoms with Crippen molar-refractivity contribution in [3.63, 3.8) is 0 Å². The molecule has 1 aromatic heterocycles. The highest BCUT2D eigenvalue weighted by Gasteiger charge is 2.18. The molecule has 0 aliphatic heterocycles. The smallest absolute Gasteiger partial charge is 0.274 e. The van der Waals surface area contributed by atoms with Crippen LogP contribution in [0.1, 0.15) is 33.8 Å². The Balaban J connectivity index is 2.35. The van der Waals surface area contributed by atoms with E-state index in [0.29, 0.717) is 79.3 Å². The van der Waals surface area contributed by atoms with Crippen molar-refractivity contribution in [2.24, 2.45) is 5.73 Å². The molecule has 0 saturated carbocycles. The number of nitrogens with one attached hydrogen (secondary N) is 2. The minimum absolute atomic E-state index is 0.0213. The van der Waals surface area contributed by atoms with Crippen LogP contribution >= 0.6 is 0 Å². The van der Waals surface area contributed by atoms with Crippen LogP contribution in [-0.4, -0.2) is 171 Å². The number of nitrogens with two attached hydrogens (primary N) is 1. The van der Waals surface area contributed by atoms with Gasteiger partial charge in [0.1, 0.15) is 11.4 Å². The Kier molecular flexibility index (Phi) is 26.4. The van der Waals surface area contributed by atoms with Crippen molar-refractivity contribution in [3.8, 4) is 0 Å². The number of carbonyl (C=O) groups is 4. The van der Waals surface area contributed by atoms with Gasteiger partial charge in [-0.3, -0.25) is 19.2 Å². The van der Waals surface area contributed by atoms with Gasteiger partial charge in [0.2, 0.25) is 11.8 Å². The van der Waals surface area contributed by atoms with Crippen molar-refractivity contribution >= 4 is 23.6 Å². The minimum atomic E-state index is -0.775. The van der Waals surface area contributed by atoms with E-state index in [2.05, 4.69) is 20.6 Å². The summed E-state index contributed by atoms with van der Waals surface area (Å²) < 4.78 is 42.0. The van der Waals surface area contributed by atoms with Crippen LogP contribution < -0.4 is 16.4 Å². The first-order valence-corrected chi connectivity index (χ1v) is 15.8. The van der Waals surface area contributed by atoms with Gasteiger partial charge in [-0.25, -0.2) is 9.97 Å². The number of methoxy groups -OCH3 is 2. The topological polar surface area (TPSA) is 221 Å². The zero-order chi connectivity index (χ0) is 35.1. The summed E-state index contributed by atoms with van der Waals surface area (Å²) >= 11 is 0. The van der Waals surface area contributed by atoms with E-state index in [1.54, 1.807) is 14.2 Å². The summed E-state index contributed by atoms with van der Waals surface area (Å²) in [5.74, 6) is -1.78. The number of aromatic nitrogens is 2. The molecule has 48 heavy (non-hydrogen) atoms. The fourth-order valence-electron chi connectivity index (χ4n) is 3.58. The lowest BCUT2D eigenvalue weighted by molar-refractivity contribution is -0.123. The van der Waals surface area contributed by atoms with E-state index >= 15 is 0 Å². The molecule has 4 N–H and O–H groups in total. The van der Waals surface area contributed by atoms with Gasteiger partial charge < -0.3 is 59.2 Å². The fraction of sp³-hybridized carbons (Fsp3) is 0.733. The van der Waals surface area contributed by atoms with Gasteiger partial charge in [0, 0.05) is 53.2 Å². The maximum Gasteiger partial charge on any atom is 0.274 e. The van der Waals surface area contributed by atoms with Gasteiger partial charge in [-0.1, -0.05) is 0 Å². The van der Waals surface area contributed by atoms with E-state index in [-0.39, 0.29) is 75.4 Å². The molecule has 0 aliphatic rings. The van der Waals surface area contributed by atoms with Crippen LogP contribution in [0.2, 0.25) is 0 Å². The molecule has 0 fully saturated rings. The summed E-state index contributed by atoms with van der Waals surface area (Å²) in [5, 5.41) is 5.50. The number of primary amides is 1. The van der Waals surface area contributed by atoms with Crippen molar-refractivity contribution in [2.75, 3.05) is 133 Å². The quantitative estimate of drug-likeness (QED) is 0.0728. The van der Waals surface area contributed by atoms with Crippen LogP contribution in [0.25, 0.3) is 0 Å². The van der Waals surface area contributed by atoms with Gasteiger partial charge in [0.05, 0.1) is 105 Å². The first kappa shape index (κ1) is 42.7. The first-order chi connectivity index (χ1) is 23.4. The van der Waals surface area contributed by atoms with Gasteiger partial charge in [0.25, 0.3) is 11.8 Å². The molecule has 1 heterocycles. The summed E-state index contributed by atoms with van der Waals surface area (Å²) in [6, 6.07) is 0. The normalized spacial score (nSPS) is 11.0. The van der Waals surface area contributed by atoms with Crippen LogP contribution in [0.5, 0.6) is 0 Å². The van der Waals surface area contributed by atoms with Gasteiger partial charge in [-0.2, -0.15) is 0 Å². The third-order valence-corrected chi connectivity index (χ3v) is 6.12. The van der Waals surface area contributed by atoms with E-state index in [1.165, 1.54) is 4.90 Å². The molecule has 0 atom stereocenters. The van der Waals surface area contributed by atoms with Gasteiger partial charge >= 0.3 is 0 Å². The van der Waals surface area contributed by atoms with Crippen LogP contribution in [0.3, 0.4) is 0 Å². The van der Waals surface area contributed by atoms with E-state index < -0.39 is 11.8 Å². The molecule has 4 amide bonds. The summed E-state index contributed by atoms with van der Waals surface area (Å²) in [7, 11) is 3.21. The van der Waals surface area contributed by atoms with Gasteiger partial charge in [-0.15, -0.1) is 0 Å². The summed E-state index contributed by atoms with van der Waals surface area (Å²) in [4.78, 5) is 58.3. The average molecular weight is 689 g/mol. The lowest BCUT2D eigenvalue weighted by Gasteiger charge is -2.23. The molecule has 18 heteroatoms. The monoisotopic (exact) mass is 688 g/mol.